The van der Waals surface area contributed by atoms with Gasteiger partial charge in [-0.15, -0.1) is 0 Å². The molecule has 1 fully saturated rings. The van der Waals surface area contributed by atoms with Crippen LogP contribution in [0.25, 0.3) is 6.08 Å². The quantitative estimate of drug-likeness (QED) is 0.474. The first-order chi connectivity index (χ1) is 10.6. The molecule has 0 unspecified atom stereocenters. The van der Waals surface area contributed by atoms with Crippen LogP contribution in [0, 0.1) is 10.1 Å². The van der Waals surface area contributed by atoms with Crippen LogP contribution in [0.4, 0.5) is 5.69 Å². The number of nitro groups is 1. The van der Waals surface area contributed by atoms with Gasteiger partial charge in [0.1, 0.15) is 0 Å². The maximum atomic E-state index is 11.4. The summed E-state index contributed by atoms with van der Waals surface area (Å²) in [5, 5.41) is 11.4. The Labute approximate surface area is 138 Å². The molecule has 1 saturated heterocycles. The number of hydrogen-bond donors (Lipinski definition) is 0. The number of hydrogen-bond acceptors (Lipinski definition) is 4. The second kappa shape index (κ2) is 6.21. The molecule has 1 aliphatic rings. The summed E-state index contributed by atoms with van der Waals surface area (Å²) in [6.45, 7) is 9.20. The van der Waals surface area contributed by atoms with E-state index in [1.165, 1.54) is 18.7 Å². The molecule has 23 heavy (non-hydrogen) atoms. The fourth-order valence-electron chi connectivity index (χ4n) is 3.48. The molecule has 0 radical (unpaired) electrons. The molecule has 128 valence electrons. The van der Waals surface area contributed by atoms with Gasteiger partial charge in [-0.3, -0.25) is 0 Å². The van der Waals surface area contributed by atoms with Crippen LogP contribution in [-0.2, 0) is 0 Å². The van der Waals surface area contributed by atoms with Crippen LogP contribution in [0.1, 0.15) is 25.8 Å². The van der Waals surface area contributed by atoms with Crippen LogP contribution in [0.3, 0.4) is 0 Å². The molecule has 5 nitrogen and oxygen atoms in total. The second-order valence-corrected chi connectivity index (χ2v) is 12.2. The molecule has 1 aromatic carbocycles. The van der Waals surface area contributed by atoms with Gasteiger partial charge in [0, 0.05) is 0 Å². The van der Waals surface area contributed by atoms with Crippen molar-refractivity contribution < 1.29 is 9.66 Å². The maximum absolute atomic E-state index is 11.4. The first-order valence-corrected chi connectivity index (χ1v) is 11.0. The third-order valence-electron chi connectivity index (χ3n) is 4.93. The van der Waals surface area contributed by atoms with E-state index in [9.17, 15) is 10.1 Å². The molecular formula is C17H27N2O3P. The Bertz CT molecular complexity index is 633. The van der Waals surface area contributed by atoms with Crippen molar-refractivity contribution in [2.24, 2.45) is 0 Å². The Hall–Kier alpha value is -1.45. The summed E-state index contributed by atoms with van der Waals surface area (Å²) in [6, 6.07) is 5.06. The van der Waals surface area contributed by atoms with Crippen molar-refractivity contribution in [3.63, 3.8) is 0 Å². The molecule has 0 N–H and O–H groups in total. The third-order valence-corrected chi connectivity index (χ3v) is 8.67. The summed E-state index contributed by atoms with van der Waals surface area (Å²) >= 11 is 0. The Balaban J connectivity index is 2.44. The summed E-state index contributed by atoms with van der Waals surface area (Å²) in [6.07, 6.45) is 3.99. The van der Waals surface area contributed by atoms with Gasteiger partial charge < -0.3 is 0 Å². The predicted octanol–water partition coefficient (Wildman–Crippen LogP) is 4.03. The Morgan fingerprint density at radius 1 is 1.39 bits per heavy atom. The molecule has 1 aromatic rings. The van der Waals surface area contributed by atoms with E-state index in [0.29, 0.717) is 11.3 Å². The van der Waals surface area contributed by atoms with Gasteiger partial charge >= 0.3 is 138 Å². The van der Waals surface area contributed by atoms with Crippen LogP contribution in [0.2, 0.25) is 0 Å². The minimum atomic E-state index is -1.54. The van der Waals surface area contributed by atoms with Crippen LogP contribution in [-0.4, -0.2) is 48.8 Å². The number of nitrogens with zero attached hydrogens (tertiary/aromatic N) is 2. The van der Waals surface area contributed by atoms with Crippen molar-refractivity contribution in [2.75, 3.05) is 33.6 Å². The molecule has 0 bridgehead atoms. The van der Waals surface area contributed by atoms with Gasteiger partial charge in [-0.2, -0.15) is 0 Å². The number of benzene rings is 1. The topological polar surface area (TPSA) is 55.6 Å². The molecule has 6 heteroatoms. The van der Waals surface area contributed by atoms with Gasteiger partial charge in [0.15, 0.2) is 0 Å². The summed E-state index contributed by atoms with van der Waals surface area (Å²) in [4.78, 5) is 11.0. The van der Waals surface area contributed by atoms with E-state index in [-0.39, 0.29) is 16.1 Å². The number of methoxy groups -OCH3 is 1. The van der Waals surface area contributed by atoms with Gasteiger partial charge in [0.05, 0.1) is 0 Å². The first kappa shape index (κ1) is 17.9. The molecule has 1 aliphatic heterocycles. The average Bonchev–Trinajstić information content (AvgIpc) is 2.44. The molecule has 0 atom stereocenters. The standard InChI is InChI=1S/C17H27N2O3P/c1-17(2)11-13(12-23(5,6)18(17)3)9-14-7-8-15(22-4)10-16(14)19(20)21/h7-10,23H,11-12H2,1-6H3/b13-9+. The molecule has 2 rings (SSSR count). The van der Waals surface area contributed by atoms with Crippen LogP contribution in [0.5, 0.6) is 5.75 Å². The third kappa shape index (κ3) is 3.73. The van der Waals surface area contributed by atoms with Crippen LogP contribution < -0.4 is 4.74 Å². The fraction of sp³-hybridized carbons (Fsp3) is 0.529. The van der Waals surface area contributed by atoms with Crippen LogP contribution in [0.15, 0.2) is 23.8 Å². The van der Waals surface area contributed by atoms with Crippen molar-refractivity contribution in [1.29, 1.82) is 0 Å². The molecule has 0 aliphatic carbocycles. The zero-order valence-corrected chi connectivity index (χ0v) is 15.8. The molecule has 1 heterocycles. The zero-order chi connectivity index (χ0) is 17.4. The van der Waals surface area contributed by atoms with Crippen molar-refractivity contribution in [2.45, 2.75) is 25.8 Å². The second-order valence-electron chi connectivity index (χ2n) is 7.52. The van der Waals surface area contributed by atoms with E-state index in [1.807, 2.05) is 6.08 Å². The summed E-state index contributed by atoms with van der Waals surface area (Å²) in [7, 11) is 2.19. The van der Waals surface area contributed by atoms with Crippen molar-refractivity contribution in [3.8, 4) is 5.75 Å². The van der Waals surface area contributed by atoms with E-state index in [4.69, 9.17) is 4.74 Å². The molecule has 0 spiro atoms. The van der Waals surface area contributed by atoms with Gasteiger partial charge in [-0.25, -0.2) is 0 Å². The summed E-state index contributed by atoms with van der Waals surface area (Å²) in [5.41, 5.74) is 2.16. The Kier molecular flexibility index (Phi) is 4.84. The van der Waals surface area contributed by atoms with Gasteiger partial charge in [0.25, 0.3) is 0 Å². The van der Waals surface area contributed by atoms with Gasteiger partial charge in [-0.1, -0.05) is 0 Å². The van der Waals surface area contributed by atoms with E-state index in [1.54, 1.807) is 12.1 Å². The van der Waals surface area contributed by atoms with Gasteiger partial charge in [0.2, 0.25) is 0 Å². The number of nitro benzene ring substituents is 1. The average molecular weight is 338 g/mol. The molecule has 0 saturated carbocycles. The molecule has 0 aromatic heterocycles. The monoisotopic (exact) mass is 338 g/mol. The molecule has 0 amide bonds. The van der Waals surface area contributed by atoms with E-state index in [2.05, 4.69) is 38.9 Å². The predicted molar refractivity (Wildman–Crippen MR) is 99.1 cm³/mol. The number of ether oxygens (including phenoxy) is 1. The normalized spacial score (nSPS) is 23.5. The van der Waals surface area contributed by atoms with E-state index < -0.39 is 7.41 Å². The first-order valence-electron chi connectivity index (χ1n) is 7.83. The SMILES string of the molecule is COc1ccc(/C=C2\CC(C)(C)N(C)[PH](C)(C)C2)c([N+](=O)[O-])c1. The van der Waals surface area contributed by atoms with Crippen molar-refractivity contribution in [3.05, 3.63) is 39.4 Å². The van der Waals surface area contributed by atoms with E-state index >= 15 is 0 Å². The minimum absolute atomic E-state index is 0.0844. The number of rotatable bonds is 3. The van der Waals surface area contributed by atoms with E-state index in [0.717, 1.165) is 12.6 Å². The summed E-state index contributed by atoms with van der Waals surface area (Å²) < 4.78 is 7.63. The Morgan fingerprint density at radius 2 is 2.04 bits per heavy atom. The fourth-order valence-corrected chi connectivity index (χ4v) is 6.78. The zero-order valence-electron chi connectivity index (χ0n) is 14.8. The van der Waals surface area contributed by atoms with Gasteiger partial charge in [-0.05, 0) is 0 Å². The molecular weight excluding hydrogens is 311 g/mol. The van der Waals surface area contributed by atoms with Crippen molar-refractivity contribution >= 4 is 19.2 Å². The summed E-state index contributed by atoms with van der Waals surface area (Å²) in [5.74, 6) is 0.511. The van der Waals surface area contributed by atoms with Crippen molar-refractivity contribution in [1.82, 2.24) is 4.67 Å². The van der Waals surface area contributed by atoms with Crippen LogP contribution >= 0.6 is 7.41 Å². The Morgan fingerprint density at radius 3 is 2.57 bits per heavy atom.